The summed E-state index contributed by atoms with van der Waals surface area (Å²) in [5, 5.41) is 20.4. The van der Waals surface area contributed by atoms with Crippen LogP contribution in [-0.2, 0) is 39.8 Å². The number of fused-ring (bicyclic) bond motifs is 11. The Balaban J connectivity index is 0.000000113. The zero-order chi connectivity index (χ0) is 78.2. The molecule has 0 amide bonds. The van der Waals surface area contributed by atoms with Crippen molar-refractivity contribution in [2.24, 2.45) is 28.2 Å². The van der Waals surface area contributed by atoms with Gasteiger partial charge in [0.1, 0.15) is 30.5 Å². The first-order chi connectivity index (χ1) is 53.8. The van der Waals surface area contributed by atoms with Crippen LogP contribution >= 0.6 is 0 Å². The van der Waals surface area contributed by atoms with Gasteiger partial charge in [0.15, 0.2) is 22.1 Å². The lowest BCUT2D eigenvalue weighted by atomic mass is 9.81. The first kappa shape index (κ1) is 73.2. The van der Waals surface area contributed by atoms with Gasteiger partial charge in [0.25, 0.3) is 0 Å². The van der Waals surface area contributed by atoms with Crippen LogP contribution in [0.3, 0.4) is 0 Å². The molecule has 0 saturated heterocycles. The maximum Gasteiger partial charge on any atom is 0.416 e. The summed E-state index contributed by atoms with van der Waals surface area (Å²) in [5.74, 6) is 4.65. The summed E-state index contributed by atoms with van der Waals surface area (Å²) in [6.07, 6.45) is 4.12. The van der Waals surface area contributed by atoms with Gasteiger partial charge in [-0.15, -0.1) is 0 Å². The quantitative estimate of drug-likeness (QED) is 0.127. The second kappa shape index (κ2) is 29.1. The molecule has 0 atom stereocenters. The highest BCUT2D eigenvalue weighted by atomic mass is 19.4. The summed E-state index contributed by atoms with van der Waals surface area (Å²) in [5.41, 5.74) is 16.4. The molecule has 0 fully saturated rings. The Hall–Kier alpha value is -12.9. The average molecular weight is 1470 g/mol. The Morgan fingerprint density at radius 2 is 0.661 bits per heavy atom. The summed E-state index contributed by atoms with van der Waals surface area (Å²) in [6.45, 7) is 19.6. The summed E-state index contributed by atoms with van der Waals surface area (Å²) >= 11 is 0. The predicted octanol–water partition coefficient (Wildman–Crippen LogP) is 23.2. The topological polar surface area (TPSA) is 76.3 Å². The number of ether oxygens (including phenoxy) is 1. The Labute approximate surface area is 649 Å². The molecule has 4 aromatic heterocycles. The second-order valence-electron chi connectivity index (χ2n) is 30.9. The van der Waals surface area contributed by atoms with Crippen LogP contribution in [-0.4, -0.2) is 27.0 Å². The molecule has 0 aliphatic heterocycles. The molecule has 0 radical (unpaired) electrons. The van der Waals surface area contributed by atoms with Gasteiger partial charge in [0.05, 0.1) is 84.7 Å². The Kier molecular flexibility index (Phi) is 19.1. The number of methoxy groups -OCH3 is 1. The van der Waals surface area contributed by atoms with Crippen molar-refractivity contribution in [1.29, 1.82) is 0 Å². The lowest BCUT2D eigenvalue weighted by Gasteiger charge is -2.23. The molecule has 0 aliphatic rings. The fourth-order valence-electron chi connectivity index (χ4n) is 16.1. The molecule has 0 spiro atoms. The molecular formula is C100H87F3N8O+4. The normalized spacial score (nSPS) is 11.8. The van der Waals surface area contributed by atoms with Gasteiger partial charge in [0, 0.05) is 5.39 Å². The van der Waals surface area contributed by atoms with Crippen LogP contribution < -0.4 is 23.0 Å². The number of aromatic nitrogens is 8. The van der Waals surface area contributed by atoms with Crippen molar-refractivity contribution in [2.45, 2.75) is 73.9 Å². The maximum atomic E-state index is 13.0. The highest BCUT2D eigenvalue weighted by molar-refractivity contribution is 6.03. The molecule has 0 N–H and O–H groups in total. The molecule has 0 bridgehead atoms. The minimum Gasteiger partial charge on any atom is -0.496 e. The number of rotatable bonds is 5. The van der Waals surface area contributed by atoms with E-state index in [1.165, 1.54) is 116 Å². The zero-order valence-electron chi connectivity index (χ0n) is 65.6. The Morgan fingerprint density at radius 1 is 0.304 bits per heavy atom. The van der Waals surface area contributed by atoms with Crippen LogP contribution in [0.5, 0.6) is 5.75 Å². The fourth-order valence-corrected chi connectivity index (χ4v) is 16.1. The minimum absolute atomic E-state index is 0.0493. The number of hydrogen-bond acceptors (Lipinski definition) is 5. The van der Waals surface area contributed by atoms with Crippen LogP contribution in [0.4, 0.5) is 13.2 Å². The Bertz CT molecular complexity index is 7040. The first-order valence-electron chi connectivity index (χ1n) is 37.9. The molecule has 0 aliphatic carbocycles. The molecule has 550 valence electrons. The monoisotopic (exact) mass is 1470 g/mol. The SMILES string of the molecule is COc1cc(-c2nc3cc4ccccc4cc3c[n+]2C)c(C)c2ccccc12.Cc1c(-c2nc3cc4ccccc4cc3c[n+]2C)cc(C(C)(C)C)c2ccccc12.Cc1cc(C)c(C)c(-c2nc3cc4ccc(C(F)(F)F)cc4cc3c[n+]2C)c1.Cc1ccc2ccccc2c1-c1nc2cc3ccccc3cc2c[n+]1C. The van der Waals surface area contributed by atoms with E-state index in [0.717, 1.165) is 106 Å². The van der Waals surface area contributed by atoms with E-state index >= 15 is 0 Å². The second-order valence-corrected chi connectivity index (χ2v) is 30.9. The van der Waals surface area contributed by atoms with Crippen LogP contribution in [0.15, 0.2) is 274 Å². The molecule has 19 aromatic rings. The highest BCUT2D eigenvalue weighted by Gasteiger charge is 2.32. The Morgan fingerprint density at radius 3 is 1.12 bits per heavy atom. The first-order valence-corrected chi connectivity index (χ1v) is 37.9. The smallest absolute Gasteiger partial charge is 0.416 e. The maximum absolute atomic E-state index is 13.0. The van der Waals surface area contributed by atoms with Gasteiger partial charge in [-0.05, 0) is 255 Å². The number of aryl methyl sites for hydroxylation is 9. The van der Waals surface area contributed by atoms with E-state index in [9.17, 15) is 13.2 Å². The summed E-state index contributed by atoms with van der Waals surface area (Å²) in [6, 6.07) is 84.7. The summed E-state index contributed by atoms with van der Waals surface area (Å²) < 4.78 is 53.1. The van der Waals surface area contributed by atoms with Gasteiger partial charge < -0.3 is 4.74 Å². The molecule has 9 nitrogen and oxygen atoms in total. The molecule has 0 unspecified atom stereocenters. The standard InChI is InChI=1S/C28H27N2.C25H21N2O.C24H19N2.C23H20F3N2/c1-18-22-12-8-9-13-23(22)25(28(2,3)4)16-24(18)27-29-26-15-20-11-7-6-10-19(20)14-21(26)17-30(27)5;1-16-20-10-6-7-11-21(20)24(28-3)14-22(16)25-26-23-13-18-9-5-4-8-17(18)12-19(23)15-27(25)2;1-16-11-12-17-7-5-6-10-21(17)23(16)24-25-22-14-19-9-4-3-8-18(19)13-20(22)15-26(24)2;1-13-7-14(2)15(3)20(8-13)22-27-21-11-16-5-6-19(23(24,25)26)10-17(16)9-18(21)12-28(22)4/h6-17H,1-5H3;4-15H,1-3H3;3-15H,1-2H3;5-12H,1-4H3/q4*+1. The summed E-state index contributed by atoms with van der Waals surface area (Å²) in [4.78, 5) is 20.1. The average Bonchev–Trinajstić information content (AvgIpc) is 0.765. The molecule has 12 heteroatoms. The molecule has 0 saturated carbocycles. The lowest BCUT2D eigenvalue weighted by molar-refractivity contribution is -0.661. The fraction of sp³-hybridized carbons (Fsp3) is 0.160. The van der Waals surface area contributed by atoms with Crippen LogP contribution in [0.2, 0.25) is 0 Å². The van der Waals surface area contributed by atoms with E-state index in [1.807, 2.05) is 29.9 Å². The van der Waals surface area contributed by atoms with Crippen molar-refractivity contribution in [3.8, 4) is 51.3 Å². The van der Waals surface area contributed by atoms with E-state index in [0.29, 0.717) is 5.39 Å². The van der Waals surface area contributed by atoms with Gasteiger partial charge in [0.2, 0.25) is 0 Å². The van der Waals surface area contributed by atoms with Gasteiger partial charge in [-0.2, -0.15) is 13.2 Å². The third-order valence-corrected chi connectivity index (χ3v) is 22.1. The van der Waals surface area contributed by atoms with Crippen LogP contribution in [0.1, 0.15) is 65.3 Å². The van der Waals surface area contributed by atoms with Crippen molar-refractivity contribution in [2.75, 3.05) is 7.11 Å². The van der Waals surface area contributed by atoms with Gasteiger partial charge in [-0.3, -0.25) is 0 Å². The van der Waals surface area contributed by atoms with Crippen LogP contribution in [0.25, 0.3) is 165 Å². The molecule has 112 heavy (non-hydrogen) atoms. The number of benzene rings is 15. The number of halogens is 3. The van der Waals surface area contributed by atoms with Crippen molar-refractivity contribution >= 4 is 119 Å². The zero-order valence-corrected chi connectivity index (χ0v) is 65.6. The van der Waals surface area contributed by atoms with Crippen molar-refractivity contribution < 1.29 is 36.2 Å². The van der Waals surface area contributed by atoms with Crippen LogP contribution in [0, 0.1) is 41.5 Å². The van der Waals surface area contributed by atoms with Gasteiger partial charge in [-0.1, -0.05) is 191 Å². The van der Waals surface area contributed by atoms with E-state index in [-0.39, 0.29) is 5.41 Å². The van der Waals surface area contributed by atoms with Gasteiger partial charge in [-0.25, -0.2) is 18.3 Å². The summed E-state index contributed by atoms with van der Waals surface area (Å²) in [7, 11) is 9.87. The molecular weight excluding hydrogens is 1390 g/mol. The molecule has 19 rings (SSSR count). The largest absolute Gasteiger partial charge is 0.496 e. The third kappa shape index (κ3) is 14.0. The third-order valence-electron chi connectivity index (χ3n) is 22.1. The van der Waals surface area contributed by atoms with Crippen molar-refractivity contribution in [3.05, 3.63) is 318 Å². The lowest BCUT2D eigenvalue weighted by Crippen LogP contribution is -2.32. The highest BCUT2D eigenvalue weighted by Crippen LogP contribution is 2.40. The van der Waals surface area contributed by atoms with E-state index in [4.69, 9.17) is 24.7 Å². The van der Waals surface area contributed by atoms with Crippen molar-refractivity contribution in [3.63, 3.8) is 0 Å². The predicted molar refractivity (Wildman–Crippen MR) is 455 cm³/mol. The number of hydrogen-bond donors (Lipinski definition) is 0. The van der Waals surface area contributed by atoms with E-state index < -0.39 is 11.7 Å². The number of alkyl halides is 3. The van der Waals surface area contributed by atoms with Crippen molar-refractivity contribution in [1.82, 2.24) is 19.9 Å². The van der Waals surface area contributed by atoms with E-state index in [2.05, 4.69) is 328 Å². The molecule has 15 aromatic carbocycles. The minimum atomic E-state index is -4.35. The number of nitrogens with zero attached hydrogens (tertiary/aromatic N) is 8. The molecule has 4 heterocycles. The van der Waals surface area contributed by atoms with E-state index in [1.54, 1.807) is 13.2 Å². The van der Waals surface area contributed by atoms with Gasteiger partial charge >= 0.3 is 29.5 Å².